The Hall–Kier alpha value is -2.53. The molecule has 0 aliphatic heterocycles. The maximum absolute atomic E-state index is 12.6. The summed E-state index contributed by atoms with van der Waals surface area (Å²) in [7, 11) is 1.29. The zero-order valence-corrected chi connectivity index (χ0v) is 16.0. The van der Waals surface area contributed by atoms with Crippen molar-refractivity contribution in [3.05, 3.63) is 58.1 Å². The van der Waals surface area contributed by atoms with E-state index in [1.807, 2.05) is 39.0 Å². The molecule has 0 unspecified atom stereocenters. The van der Waals surface area contributed by atoms with Crippen molar-refractivity contribution in [2.24, 2.45) is 0 Å². The van der Waals surface area contributed by atoms with Crippen molar-refractivity contribution in [2.45, 2.75) is 33.3 Å². The molecular weight excluding hydrogens is 354 g/mol. The molecule has 1 atom stereocenters. The van der Waals surface area contributed by atoms with Crippen LogP contribution in [0, 0.1) is 13.8 Å². The number of ether oxygens (including phenoxy) is 2. The van der Waals surface area contributed by atoms with Crippen LogP contribution in [0.3, 0.4) is 0 Å². The molecule has 0 spiro atoms. The van der Waals surface area contributed by atoms with Gasteiger partial charge in [0, 0.05) is 0 Å². The van der Waals surface area contributed by atoms with Gasteiger partial charge in [-0.05, 0) is 55.7 Å². The Balaban J connectivity index is 2.19. The number of rotatable bonds is 6. The molecule has 0 saturated heterocycles. The second-order valence-electron chi connectivity index (χ2n) is 5.96. The standard InChI is InChI=1S/C20H22ClNO4/c1-5-17(26-18-10-12(2)6-7-13(18)3)19(23)22-16-11-14(20(24)25-4)8-9-15(16)21/h6-11,17H,5H2,1-4H3,(H,22,23)/t17-/m1/s1. The summed E-state index contributed by atoms with van der Waals surface area (Å²) in [6.45, 7) is 5.75. The number of carbonyl (C=O) groups is 2. The molecule has 0 aliphatic rings. The van der Waals surface area contributed by atoms with Gasteiger partial charge in [0.2, 0.25) is 0 Å². The van der Waals surface area contributed by atoms with Crippen molar-refractivity contribution < 1.29 is 19.1 Å². The Morgan fingerprint density at radius 1 is 1.15 bits per heavy atom. The van der Waals surface area contributed by atoms with Gasteiger partial charge in [-0.1, -0.05) is 30.7 Å². The largest absolute Gasteiger partial charge is 0.480 e. The Labute approximate surface area is 158 Å². The summed E-state index contributed by atoms with van der Waals surface area (Å²) in [6.07, 6.45) is -0.207. The lowest BCUT2D eigenvalue weighted by Gasteiger charge is -2.19. The van der Waals surface area contributed by atoms with Crippen molar-refractivity contribution >= 4 is 29.2 Å². The van der Waals surface area contributed by atoms with Crippen molar-refractivity contribution in [2.75, 3.05) is 12.4 Å². The van der Waals surface area contributed by atoms with Crippen molar-refractivity contribution in [1.29, 1.82) is 0 Å². The number of carbonyl (C=O) groups excluding carboxylic acids is 2. The van der Waals surface area contributed by atoms with Crippen LogP contribution in [0.25, 0.3) is 0 Å². The van der Waals surface area contributed by atoms with E-state index in [4.69, 9.17) is 16.3 Å². The predicted octanol–water partition coefficient (Wildman–Crippen LogP) is 4.54. The van der Waals surface area contributed by atoms with E-state index in [0.717, 1.165) is 11.1 Å². The topological polar surface area (TPSA) is 64.6 Å². The van der Waals surface area contributed by atoms with Gasteiger partial charge in [0.1, 0.15) is 5.75 Å². The highest BCUT2D eigenvalue weighted by Crippen LogP contribution is 2.25. The van der Waals surface area contributed by atoms with Crippen molar-refractivity contribution in [1.82, 2.24) is 0 Å². The minimum Gasteiger partial charge on any atom is -0.480 e. The van der Waals surface area contributed by atoms with E-state index in [-0.39, 0.29) is 5.91 Å². The van der Waals surface area contributed by atoms with Crippen molar-refractivity contribution in [3.63, 3.8) is 0 Å². The van der Waals surface area contributed by atoms with E-state index < -0.39 is 12.1 Å². The van der Waals surface area contributed by atoms with Crippen molar-refractivity contribution in [3.8, 4) is 5.75 Å². The number of hydrogen-bond donors (Lipinski definition) is 1. The molecule has 0 fully saturated rings. The smallest absolute Gasteiger partial charge is 0.337 e. The molecule has 5 nitrogen and oxygen atoms in total. The first-order valence-electron chi connectivity index (χ1n) is 8.28. The number of halogens is 1. The second kappa shape index (κ2) is 8.72. The monoisotopic (exact) mass is 375 g/mol. The highest BCUT2D eigenvalue weighted by atomic mass is 35.5. The van der Waals surface area contributed by atoms with E-state index in [1.54, 1.807) is 0 Å². The van der Waals surface area contributed by atoms with E-state index in [2.05, 4.69) is 10.1 Å². The third-order valence-electron chi connectivity index (χ3n) is 3.92. The zero-order valence-electron chi connectivity index (χ0n) is 15.3. The van der Waals surface area contributed by atoms with Crippen LogP contribution in [0.2, 0.25) is 5.02 Å². The van der Waals surface area contributed by atoms with Gasteiger partial charge in [0.15, 0.2) is 6.10 Å². The van der Waals surface area contributed by atoms with Crippen LogP contribution in [0.15, 0.2) is 36.4 Å². The molecule has 0 radical (unpaired) electrons. The highest BCUT2D eigenvalue weighted by molar-refractivity contribution is 6.33. The molecule has 2 rings (SSSR count). The summed E-state index contributed by atoms with van der Waals surface area (Å²) in [5, 5.41) is 3.06. The molecule has 0 bridgehead atoms. The third kappa shape index (κ3) is 4.76. The molecule has 6 heteroatoms. The summed E-state index contributed by atoms with van der Waals surface area (Å²) in [5.74, 6) is -0.172. The lowest BCUT2D eigenvalue weighted by atomic mass is 10.1. The number of amides is 1. The summed E-state index contributed by atoms with van der Waals surface area (Å²) >= 11 is 6.13. The predicted molar refractivity (Wildman–Crippen MR) is 102 cm³/mol. The summed E-state index contributed by atoms with van der Waals surface area (Å²) < 4.78 is 10.6. The fourth-order valence-corrected chi connectivity index (χ4v) is 2.55. The first-order chi connectivity index (χ1) is 12.3. The zero-order chi connectivity index (χ0) is 19.3. The number of nitrogens with one attached hydrogen (secondary N) is 1. The Morgan fingerprint density at radius 3 is 2.54 bits per heavy atom. The van der Waals surface area contributed by atoms with Gasteiger partial charge in [0.05, 0.1) is 23.4 Å². The van der Waals surface area contributed by atoms with Crippen LogP contribution in [-0.2, 0) is 9.53 Å². The summed E-state index contributed by atoms with van der Waals surface area (Å²) in [5.41, 5.74) is 2.64. The molecule has 2 aromatic carbocycles. The van der Waals surface area contributed by atoms with Gasteiger partial charge in [-0.15, -0.1) is 0 Å². The van der Waals surface area contributed by atoms with Gasteiger partial charge in [0.25, 0.3) is 5.91 Å². The number of methoxy groups -OCH3 is 1. The first-order valence-corrected chi connectivity index (χ1v) is 8.66. The van der Waals surface area contributed by atoms with Crippen LogP contribution < -0.4 is 10.1 Å². The van der Waals surface area contributed by atoms with Gasteiger partial charge < -0.3 is 14.8 Å². The maximum Gasteiger partial charge on any atom is 0.337 e. The molecule has 0 aliphatic carbocycles. The highest BCUT2D eigenvalue weighted by Gasteiger charge is 2.21. The molecule has 26 heavy (non-hydrogen) atoms. The van der Waals surface area contributed by atoms with E-state index in [0.29, 0.717) is 28.4 Å². The molecule has 138 valence electrons. The second-order valence-corrected chi connectivity index (χ2v) is 6.37. The molecule has 2 aromatic rings. The molecule has 1 amide bonds. The molecular formula is C20H22ClNO4. The molecule has 1 N–H and O–H groups in total. The number of anilines is 1. The lowest BCUT2D eigenvalue weighted by Crippen LogP contribution is -2.32. The van der Waals surface area contributed by atoms with Gasteiger partial charge in [-0.2, -0.15) is 0 Å². The minimum absolute atomic E-state index is 0.302. The fraction of sp³-hybridized carbons (Fsp3) is 0.300. The molecule has 0 saturated carbocycles. The average Bonchev–Trinajstić information content (AvgIpc) is 2.63. The van der Waals surface area contributed by atoms with E-state index in [1.165, 1.54) is 25.3 Å². The van der Waals surface area contributed by atoms with Gasteiger partial charge in [-0.25, -0.2) is 4.79 Å². The lowest BCUT2D eigenvalue weighted by molar-refractivity contribution is -0.122. The fourth-order valence-electron chi connectivity index (χ4n) is 2.39. The maximum atomic E-state index is 12.6. The number of aryl methyl sites for hydroxylation is 2. The SMILES string of the molecule is CC[C@@H](Oc1cc(C)ccc1C)C(=O)Nc1cc(C(=O)OC)ccc1Cl. The quantitative estimate of drug-likeness (QED) is 0.753. The van der Waals surface area contributed by atoms with Crippen LogP contribution in [0.1, 0.15) is 34.8 Å². The van der Waals surface area contributed by atoms with Gasteiger partial charge in [-0.3, -0.25) is 4.79 Å². The number of benzene rings is 2. The minimum atomic E-state index is -0.687. The van der Waals surface area contributed by atoms with Crippen LogP contribution >= 0.6 is 11.6 Å². The van der Waals surface area contributed by atoms with E-state index in [9.17, 15) is 9.59 Å². The van der Waals surface area contributed by atoms with Gasteiger partial charge >= 0.3 is 5.97 Å². The van der Waals surface area contributed by atoms with E-state index >= 15 is 0 Å². The third-order valence-corrected chi connectivity index (χ3v) is 4.25. The Bertz CT molecular complexity index is 819. The average molecular weight is 376 g/mol. The van der Waals surface area contributed by atoms with Crippen LogP contribution in [0.5, 0.6) is 5.75 Å². The summed E-state index contributed by atoms with van der Waals surface area (Å²) in [6, 6.07) is 10.4. The first kappa shape index (κ1) is 19.8. The number of hydrogen-bond acceptors (Lipinski definition) is 4. The Morgan fingerprint density at radius 2 is 1.88 bits per heavy atom. The van der Waals surface area contributed by atoms with Crippen LogP contribution in [0.4, 0.5) is 5.69 Å². The summed E-state index contributed by atoms with van der Waals surface area (Å²) in [4.78, 5) is 24.3. The normalized spacial score (nSPS) is 11.6. The molecule has 0 heterocycles. The van der Waals surface area contributed by atoms with Crippen LogP contribution in [-0.4, -0.2) is 25.1 Å². The number of esters is 1. The Kier molecular flexibility index (Phi) is 6.64. The molecule has 0 aromatic heterocycles.